The molecule has 4 aliphatic rings. The molecule has 5 heteroatoms. The zero-order chi connectivity index (χ0) is 23.5. The first-order chi connectivity index (χ1) is 15.6. The second-order valence-corrected chi connectivity index (χ2v) is 11.7. The summed E-state index contributed by atoms with van der Waals surface area (Å²) in [4.78, 5) is 29.4. The van der Waals surface area contributed by atoms with Crippen molar-refractivity contribution in [3.8, 4) is 0 Å². The van der Waals surface area contributed by atoms with Gasteiger partial charge in [0.2, 0.25) is 0 Å². The van der Waals surface area contributed by atoms with E-state index in [9.17, 15) is 9.59 Å². The lowest BCUT2D eigenvalue weighted by atomic mass is 9.70. The Morgan fingerprint density at radius 3 is 2.36 bits per heavy atom. The van der Waals surface area contributed by atoms with Crippen LogP contribution in [0.15, 0.2) is 35.6 Å². The van der Waals surface area contributed by atoms with E-state index in [0.29, 0.717) is 29.7 Å². The third kappa shape index (κ3) is 3.92. The lowest BCUT2D eigenvalue weighted by Gasteiger charge is -2.40. The molecule has 1 aromatic carbocycles. The van der Waals surface area contributed by atoms with Gasteiger partial charge in [-0.1, -0.05) is 58.9 Å². The van der Waals surface area contributed by atoms with Crippen molar-refractivity contribution in [2.45, 2.75) is 84.0 Å². The number of Topliss-reactive ketones (excluding diaryl/α,β-unsaturated/α-hetero) is 1. The molecule has 0 aromatic heterocycles. The van der Waals surface area contributed by atoms with E-state index in [1.54, 1.807) is 0 Å². The molecular formula is C28H37NO4. The molecule has 5 nitrogen and oxygen atoms in total. The number of ether oxygens (including phenoxy) is 2. The van der Waals surface area contributed by atoms with Crippen LogP contribution in [0.3, 0.4) is 0 Å². The monoisotopic (exact) mass is 451 g/mol. The zero-order valence-corrected chi connectivity index (χ0v) is 20.6. The van der Waals surface area contributed by atoms with Crippen molar-refractivity contribution in [3.05, 3.63) is 46.7 Å². The summed E-state index contributed by atoms with van der Waals surface area (Å²) < 4.78 is 12.2. The van der Waals surface area contributed by atoms with E-state index >= 15 is 0 Å². The molecule has 3 aliphatic heterocycles. The average Bonchev–Trinajstić information content (AvgIpc) is 3.37. The van der Waals surface area contributed by atoms with Crippen LogP contribution in [0.5, 0.6) is 0 Å². The molecule has 33 heavy (non-hydrogen) atoms. The fourth-order valence-electron chi connectivity index (χ4n) is 6.02. The molecule has 0 N–H and O–H groups in total. The van der Waals surface area contributed by atoms with Crippen LogP contribution in [-0.4, -0.2) is 41.9 Å². The van der Waals surface area contributed by atoms with Crippen molar-refractivity contribution in [3.63, 3.8) is 0 Å². The summed E-state index contributed by atoms with van der Waals surface area (Å²) in [5.74, 6) is 1.08. The van der Waals surface area contributed by atoms with Crippen LogP contribution in [0, 0.1) is 17.8 Å². The molecule has 178 valence electrons. The number of amides is 1. The molecule has 1 saturated carbocycles. The van der Waals surface area contributed by atoms with Gasteiger partial charge in [-0.25, -0.2) is 0 Å². The van der Waals surface area contributed by atoms with Gasteiger partial charge < -0.3 is 14.4 Å². The molecule has 0 radical (unpaired) electrons. The van der Waals surface area contributed by atoms with Crippen molar-refractivity contribution in [2.24, 2.45) is 17.8 Å². The minimum Gasteiger partial charge on any atom is -0.483 e. The second-order valence-electron chi connectivity index (χ2n) is 11.7. The molecule has 1 aliphatic carbocycles. The smallest absolute Gasteiger partial charge is 0.290 e. The van der Waals surface area contributed by atoms with Gasteiger partial charge in [0.25, 0.3) is 5.91 Å². The van der Waals surface area contributed by atoms with Crippen LogP contribution in [-0.2, 0) is 24.5 Å². The molecule has 0 bridgehead atoms. The summed E-state index contributed by atoms with van der Waals surface area (Å²) in [5.41, 5.74) is 2.82. The van der Waals surface area contributed by atoms with E-state index in [0.717, 1.165) is 37.9 Å². The maximum atomic E-state index is 13.9. The summed E-state index contributed by atoms with van der Waals surface area (Å²) in [6.07, 6.45) is 3.46. The van der Waals surface area contributed by atoms with Crippen molar-refractivity contribution >= 4 is 11.7 Å². The molecule has 1 amide bonds. The van der Waals surface area contributed by atoms with Crippen molar-refractivity contribution < 1.29 is 19.1 Å². The number of rotatable bonds is 3. The van der Waals surface area contributed by atoms with Gasteiger partial charge in [0.1, 0.15) is 6.10 Å². The number of carbonyl (C=O) groups is 2. The molecule has 2 fully saturated rings. The molecule has 6 unspecified atom stereocenters. The van der Waals surface area contributed by atoms with Crippen molar-refractivity contribution in [1.29, 1.82) is 0 Å². The van der Waals surface area contributed by atoms with E-state index in [2.05, 4.69) is 58.9 Å². The molecule has 1 saturated heterocycles. The standard InChI is InChI=1S/C28H37NO4/c1-16-13-21-22(14-17(16)2)33-26-23(25(21)30)24(18-8-10-19(11-9-18)28(3,4)5)29(27(26)31)15-20-7-6-12-32-20/h8-11,16-17,20-22,24H,6-7,12-15H2,1-5H3. The quantitative estimate of drug-likeness (QED) is 0.652. The Morgan fingerprint density at radius 2 is 1.73 bits per heavy atom. The van der Waals surface area contributed by atoms with Gasteiger partial charge >= 0.3 is 0 Å². The lowest BCUT2D eigenvalue weighted by molar-refractivity contribution is -0.138. The Labute approximate surface area is 197 Å². The summed E-state index contributed by atoms with van der Waals surface area (Å²) in [6, 6.07) is 8.03. The van der Waals surface area contributed by atoms with Crippen LogP contribution in [0.2, 0.25) is 0 Å². The van der Waals surface area contributed by atoms with Crippen LogP contribution >= 0.6 is 0 Å². The largest absolute Gasteiger partial charge is 0.483 e. The molecule has 1 aromatic rings. The summed E-state index contributed by atoms with van der Waals surface area (Å²) >= 11 is 0. The highest BCUT2D eigenvalue weighted by molar-refractivity contribution is 6.11. The van der Waals surface area contributed by atoms with Gasteiger partial charge in [-0.3, -0.25) is 9.59 Å². The van der Waals surface area contributed by atoms with E-state index in [4.69, 9.17) is 9.47 Å². The van der Waals surface area contributed by atoms with Crippen LogP contribution in [0.25, 0.3) is 0 Å². The SMILES string of the molecule is CC1CC2OC3=C(C(=O)C2CC1C)C(c1ccc(C(C)(C)C)cc1)N(CC1CCCO1)C3=O. The van der Waals surface area contributed by atoms with E-state index in [1.807, 2.05) is 4.90 Å². The van der Waals surface area contributed by atoms with Gasteiger partial charge in [0.05, 0.1) is 23.6 Å². The highest BCUT2D eigenvalue weighted by Gasteiger charge is 2.53. The van der Waals surface area contributed by atoms with Gasteiger partial charge in [0, 0.05) is 13.2 Å². The van der Waals surface area contributed by atoms with E-state index in [-0.39, 0.29) is 35.2 Å². The highest BCUT2D eigenvalue weighted by Crippen LogP contribution is 2.49. The normalized spacial score (nSPS) is 34.4. The Morgan fingerprint density at radius 1 is 1.03 bits per heavy atom. The van der Waals surface area contributed by atoms with Crippen LogP contribution in [0.1, 0.15) is 77.5 Å². The Kier molecular flexibility index (Phi) is 5.67. The summed E-state index contributed by atoms with van der Waals surface area (Å²) in [6.45, 7) is 12.2. The van der Waals surface area contributed by atoms with Crippen LogP contribution in [0.4, 0.5) is 0 Å². The topological polar surface area (TPSA) is 55.8 Å². The average molecular weight is 452 g/mol. The van der Waals surface area contributed by atoms with E-state index < -0.39 is 6.04 Å². The van der Waals surface area contributed by atoms with Gasteiger partial charge in [-0.2, -0.15) is 0 Å². The maximum absolute atomic E-state index is 13.9. The molecule has 3 heterocycles. The highest BCUT2D eigenvalue weighted by atomic mass is 16.5. The predicted octanol–water partition coefficient (Wildman–Crippen LogP) is 4.95. The van der Waals surface area contributed by atoms with Gasteiger partial charge in [-0.05, 0) is 54.1 Å². The van der Waals surface area contributed by atoms with Gasteiger partial charge in [0.15, 0.2) is 11.5 Å². The van der Waals surface area contributed by atoms with E-state index in [1.165, 1.54) is 5.56 Å². The first-order valence-corrected chi connectivity index (χ1v) is 12.6. The minimum atomic E-state index is -0.395. The maximum Gasteiger partial charge on any atom is 0.290 e. The molecular weight excluding hydrogens is 414 g/mol. The minimum absolute atomic E-state index is 0.0177. The fraction of sp³-hybridized carbons (Fsp3) is 0.643. The number of fused-ring (bicyclic) bond motifs is 1. The second kappa shape index (κ2) is 8.26. The molecule has 0 spiro atoms. The molecule has 5 rings (SSSR count). The number of carbonyl (C=O) groups excluding carboxylic acids is 2. The Hall–Kier alpha value is -2.14. The Bertz CT molecular complexity index is 967. The van der Waals surface area contributed by atoms with Crippen molar-refractivity contribution in [2.75, 3.05) is 13.2 Å². The third-order valence-corrected chi connectivity index (χ3v) is 8.32. The van der Waals surface area contributed by atoms with Crippen LogP contribution < -0.4 is 0 Å². The number of nitrogens with zero attached hydrogens (tertiary/aromatic N) is 1. The summed E-state index contributed by atoms with van der Waals surface area (Å²) in [5, 5.41) is 0. The first kappa shape index (κ1) is 22.6. The number of benzene rings is 1. The van der Waals surface area contributed by atoms with Crippen molar-refractivity contribution in [1.82, 2.24) is 4.90 Å². The Balaban J connectivity index is 1.53. The third-order valence-electron chi connectivity index (χ3n) is 8.32. The number of hydrogen-bond acceptors (Lipinski definition) is 4. The lowest BCUT2D eigenvalue weighted by Crippen LogP contribution is -2.43. The number of ketones is 1. The summed E-state index contributed by atoms with van der Waals surface area (Å²) in [7, 11) is 0. The fourth-order valence-corrected chi connectivity index (χ4v) is 6.02. The zero-order valence-electron chi connectivity index (χ0n) is 20.6. The predicted molar refractivity (Wildman–Crippen MR) is 127 cm³/mol. The molecule has 6 atom stereocenters. The first-order valence-electron chi connectivity index (χ1n) is 12.6. The van der Waals surface area contributed by atoms with Gasteiger partial charge in [-0.15, -0.1) is 0 Å². The number of hydrogen-bond donors (Lipinski definition) is 0.